The Morgan fingerprint density at radius 3 is 2.23 bits per heavy atom. The van der Waals surface area contributed by atoms with E-state index in [1.165, 1.54) is 9.80 Å². The maximum Gasteiger partial charge on any atom is 0.325 e. The van der Waals surface area contributed by atoms with Gasteiger partial charge in [-0.1, -0.05) is 18.2 Å². The van der Waals surface area contributed by atoms with Crippen LogP contribution in [0.15, 0.2) is 30.3 Å². The fraction of sp³-hybridized carbons (Fsp3) is 0.438. The van der Waals surface area contributed by atoms with Crippen LogP contribution < -0.4 is 0 Å². The van der Waals surface area contributed by atoms with Crippen molar-refractivity contribution in [2.45, 2.75) is 13.8 Å². The zero-order valence-electron chi connectivity index (χ0n) is 13.2. The molecule has 0 heterocycles. The van der Waals surface area contributed by atoms with E-state index in [1.54, 1.807) is 45.2 Å². The quantitative estimate of drug-likeness (QED) is 0.709. The lowest BCUT2D eigenvalue weighted by atomic mass is 10.2. The number of rotatable bonds is 7. The van der Waals surface area contributed by atoms with Gasteiger partial charge in [0.2, 0.25) is 5.91 Å². The maximum atomic E-state index is 12.2. The van der Waals surface area contributed by atoms with Crippen molar-refractivity contribution in [1.29, 1.82) is 0 Å². The van der Waals surface area contributed by atoms with Gasteiger partial charge in [0.05, 0.1) is 13.2 Å². The average molecular weight is 306 g/mol. The summed E-state index contributed by atoms with van der Waals surface area (Å²) in [4.78, 5) is 38.5. The Balaban J connectivity index is 2.61. The minimum absolute atomic E-state index is 0.0824. The van der Waals surface area contributed by atoms with Crippen molar-refractivity contribution in [3.8, 4) is 0 Å². The van der Waals surface area contributed by atoms with Crippen LogP contribution in [-0.4, -0.2) is 60.9 Å². The molecule has 120 valence electrons. The summed E-state index contributed by atoms with van der Waals surface area (Å²) in [6.45, 7) is 3.96. The van der Waals surface area contributed by atoms with E-state index in [1.807, 2.05) is 6.07 Å². The lowest BCUT2D eigenvalue weighted by Gasteiger charge is -2.23. The number of hydrogen-bond donors (Lipinski definition) is 0. The Morgan fingerprint density at radius 1 is 1.05 bits per heavy atom. The van der Waals surface area contributed by atoms with Crippen LogP contribution in [0.2, 0.25) is 0 Å². The molecule has 0 aliphatic heterocycles. The predicted octanol–water partition coefficient (Wildman–Crippen LogP) is 1.17. The van der Waals surface area contributed by atoms with Crippen LogP contribution in [0.5, 0.6) is 0 Å². The molecule has 0 atom stereocenters. The van der Waals surface area contributed by atoms with E-state index in [0.717, 1.165) is 0 Å². The summed E-state index contributed by atoms with van der Waals surface area (Å²) in [5, 5.41) is 0. The van der Waals surface area contributed by atoms with Crippen LogP contribution >= 0.6 is 0 Å². The number of hydrogen-bond acceptors (Lipinski definition) is 4. The lowest BCUT2D eigenvalue weighted by molar-refractivity contribution is -0.148. The van der Waals surface area contributed by atoms with Crippen molar-refractivity contribution in [3.63, 3.8) is 0 Å². The second-order valence-corrected chi connectivity index (χ2v) is 4.74. The van der Waals surface area contributed by atoms with Gasteiger partial charge in [0.1, 0.15) is 6.54 Å². The van der Waals surface area contributed by atoms with Crippen LogP contribution in [0.3, 0.4) is 0 Å². The van der Waals surface area contributed by atoms with Crippen LogP contribution in [0, 0.1) is 0 Å². The van der Waals surface area contributed by atoms with Crippen LogP contribution in [0.25, 0.3) is 0 Å². The number of nitrogens with zero attached hydrogens (tertiary/aromatic N) is 2. The van der Waals surface area contributed by atoms with Gasteiger partial charge in [-0.25, -0.2) is 0 Å². The van der Waals surface area contributed by atoms with Gasteiger partial charge in [0.15, 0.2) is 0 Å². The molecule has 1 rings (SSSR count). The Bertz CT molecular complexity index is 516. The smallest absolute Gasteiger partial charge is 0.325 e. The maximum absolute atomic E-state index is 12.2. The highest BCUT2D eigenvalue weighted by Gasteiger charge is 2.20. The number of likely N-dealkylation sites (N-methyl/N-ethyl adjacent to an activating group) is 2. The van der Waals surface area contributed by atoms with E-state index in [2.05, 4.69) is 0 Å². The third-order valence-corrected chi connectivity index (χ3v) is 3.10. The summed E-state index contributed by atoms with van der Waals surface area (Å²) in [6, 6.07) is 8.74. The third-order valence-electron chi connectivity index (χ3n) is 3.10. The lowest BCUT2D eigenvalue weighted by Crippen LogP contribution is -2.43. The molecule has 0 saturated carbocycles. The second kappa shape index (κ2) is 8.81. The molecule has 22 heavy (non-hydrogen) atoms. The van der Waals surface area contributed by atoms with Crippen molar-refractivity contribution in [3.05, 3.63) is 35.9 Å². The number of amides is 2. The number of carbonyl (C=O) groups is 3. The Morgan fingerprint density at radius 2 is 1.68 bits per heavy atom. The highest BCUT2D eigenvalue weighted by molar-refractivity contribution is 5.96. The molecular formula is C16H22N2O4. The second-order valence-electron chi connectivity index (χ2n) is 4.74. The van der Waals surface area contributed by atoms with Gasteiger partial charge in [0, 0.05) is 19.2 Å². The fourth-order valence-electron chi connectivity index (χ4n) is 1.91. The predicted molar refractivity (Wildman–Crippen MR) is 82.3 cm³/mol. The van der Waals surface area contributed by atoms with Crippen LogP contribution in [-0.2, 0) is 14.3 Å². The number of benzene rings is 1. The van der Waals surface area contributed by atoms with Gasteiger partial charge in [-0.3, -0.25) is 14.4 Å². The zero-order chi connectivity index (χ0) is 16.5. The van der Waals surface area contributed by atoms with Gasteiger partial charge in [-0.2, -0.15) is 0 Å². The van der Waals surface area contributed by atoms with E-state index in [0.29, 0.717) is 12.1 Å². The highest BCUT2D eigenvalue weighted by Crippen LogP contribution is 2.04. The summed E-state index contributed by atoms with van der Waals surface area (Å²) in [5.41, 5.74) is 0.520. The summed E-state index contributed by atoms with van der Waals surface area (Å²) < 4.78 is 4.83. The van der Waals surface area contributed by atoms with Crippen LogP contribution in [0.4, 0.5) is 0 Å². The number of carbonyl (C=O) groups excluding carboxylic acids is 3. The van der Waals surface area contributed by atoms with E-state index in [-0.39, 0.29) is 31.5 Å². The molecule has 2 amide bonds. The number of esters is 1. The minimum atomic E-state index is -0.449. The molecule has 0 spiro atoms. The molecule has 0 radical (unpaired) electrons. The van der Waals surface area contributed by atoms with Gasteiger partial charge in [-0.15, -0.1) is 0 Å². The molecule has 1 aromatic carbocycles. The summed E-state index contributed by atoms with van der Waals surface area (Å²) in [7, 11) is 1.56. The van der Waals surface area contributed by atoms with Crippen molar-refractivity contribution in [2.24, 2.45) is 0 Å². The largest absolute Gasteiger partial charge is 0.465 e. The molecule has 0 aromatic heterocycles. The monoisotopic (exact) mass is 306 g/mol. The molecule has 0 bridgehead atoms. The van der Waals surface area contributed by atoms with Gasteiger partial charge < -0.3 is 14.5 Å². The Kier molecular flexibility index (Phi) is 7.08. The molecular weight excluding hydrogens is 284 g/mol. The van der Waals surface area contributed by atoms with Crippen molar-refractivity contribution >= 4 is 17.8 Å². The van der Waals surface area contributed by atoms with E-state index < -0.39 is 5.97 Å². The van der Waals surface area contributed by atoms with Gasteiger partial charge >= 0.3 is 5.97 Å². The van der Waals surface area contributed by atoms with Gasteiger partial charge in [-0.05, 0) is 26.0 Å². The van der Waals surface area contributed by atoms with Gasteiger partial charge in [0.25, 0.3) is 5.91 Å². The van der Waals surface area contributed by atoms with E-state index in [9.17, 15) is 14.4 Å². The fourth-order valence-corrected chi connectivity index (χ4v) is 1.91. The zero-order valence-corrected chi connectivity index (χ0v) is 13.2. The van der Waals surface area contributed by atoms with Crippen molar-refractivity contribution in [2.75, 3.05) is 33.3 Å². The molecule has 6 nitrogen and oxygen atoms in total. The molecule has 6 heteroatoms. The first-order chi connectivity index (χ1) is 10.5. The first-order valence-electron chi connectivity index (χ1n) is 7.23. The molecule has 0 aliphatic rings. The van der Waals surface area contributed by atoms with Crippen LogP contribution in [0.1, 0.15) is 24.2 Å². The first-order valence-corrected chi connectivity index (χ1v) is 7.23. The molecule has 0 aliphatic carbocycles. The molecule has 0 unspecified atom stereocenters. The highest BCUT2D eigenvalue weighted by atomic mass is 16.5. The molecule has 0 fully saturated rings. The molecule has 0 N–H and O–H groups in total. The number of ether oxygens (including phenoxy) is 1. The van der Waals surface area contributed by atoms with Crippen molar-refractivity contribution in [1.82, 2.24) is 9.80 Å². The minimum Gasteiger partial charge on any atom is -0.465 e. The van der Waals surface area contributed by atoms with E-state index in [4.69, 9.17) is 4.74 Å². The van der Waals surface area contributed by atoms with Crippen molar-refractivity contribution < 1.29 is 19.1 Å². The SMILES string of the molecule is CCOC(=O)CN(CC)C(=O)CN(C)C(=O)c1ccccc1. The standard InChI is InChI=1S/C16H22N2O4/c1-4-18(12-15(20)22-5-2)14(19)11-17(3)16(21)13-9-7-6-8-10-13/h6-10H,4-5,11-12H2,1-3H3. The topological polar surface area (TPSA) is 66.9 Å². The summed E-state index contributed by atoms with van der Waals surface area (Å²) in [6.07, 6.45) is 0. The average Bonchev–Trinajstić information content (AvgIpc) is 2.52. The van der Waals surface area contributed by atoms with E-state index >= 15 is 0 Å². The Hall–Kier alpha value is -2.37. The molecule has 0 saturated heterocycles. The summed E-state index contributed by atoms with van der Waals surface area (Å²) in [5.74, 6) is -0.974. The molecule has 1 aromatic rings. The first kappa shape index (κ1) is 17.7. The Labute approximate surface area is 130 Å². The third kappa shape index (κ3) is 5.20. The normalized spacial score (nSPS) is 9.95. The summed E-state index contributed by atoms with van der Waals surface area (Å²) >= 11 is 0.